The van der Waals surface area contributed by atoms with Crippen LogP contribution in [0.25, 0.3) is 0 Å². The molecule has 0 aromatic carbocycles. The van der Waals surface area contributed by atoms with Gasteiger partial charge < -0.3 is 22.6 Å². The molecule has 0 saturated carbocycles. The fraction of sp³-hybridized carbons (Fsp3) is 0.143. The van der Waals surface area contributed by atoms with Gasteiger partial charge in [-0.3, -0.25) is 9.59 Å². The Kier molecular flexibility index (Phi) is 4.44. The topological polar surface area (TPSA) is 74.6 Å². The van der Waals surface area contributed by atoms with Crippen LogP contribution >= 0.6 is 11.3 Å². The summed E-state index contributed by atoms with van der Waals surface area (Å²) in [7, 11) is 0. The van der Waals surface area contributed by atoms with Crippen LogP contribution in [-0.2, 0) is 9.59 Å². The van der Waals surface area contributed by atoms with E-state index in [1.807, 2.05) is 0 Å². The summed E-state index contributed by atoms with van der Waals surface area (Å²) in [5.41, 5.74) is 0.319. The maximum absolute atomic E-state index is 10.5. The number of thiophene rings is 1. The van der Waals surface area contributed by atoms with Crippen LogP contribution in [0.1, 0.15) is 11.5 Å². The molecule has 72 valence electrons. The Bertz CT molecular complexity index is 281. The number of carbonyl (C=O) groups is 2. The predicted molar refractivity (Wildman–Crippen MR) is 42.3 cm³/mol. The number of carboxylic acids is 2. The Morgan fingerprint density at radius 2 is 1.85 bits per heavy atom. The number of rotatable bonds is 3. The fourth-order valence-electron chi connectivity index (χ4n) is 0.830. The van der Waals surface area contributed by atoms with E-state index in [1.165, 1.54) is 22.8 Å². The second kappa shape index (κ2) is 4.84. The number of aliphatic carboxylic acids is 2. The first-order chi connectivity index (χ1) is 5.63. The molecule has 1 aromatic rings. The van der Waals surface area contributed by atoms with Gasteiger partial charge in [0.05, 0.1) is 0 Å². The summed E-state index contributed by atoms with van der Waals surface area (Å²) >= 11 is 1.28. The van der Waals surface area contributed by atoms with Crippen LogP contribution in [0.15, 0.2) is 16.8 Å². The third-order valence-electron chi connectivity index (χ3n) is 1.37. The molecule has 0 fully saturated rings. The molecule has 0 aliphatic heterocycles. The molecule has 13 heavy (non-hydrogen) atoms. The number of hydrogen-bond acceptors (Lipinski definition) is 3. The number of halogens is 1. The summed E-state index contributed by atoms with van der Waals surface area (Å²) in [6.07, 6.45) is 0. The van der Waals surface area contributed by atoms with Crippen molar-refractivity contribution in [1.29, 1.82) is 0 Å². The van der Waals surface area contributed by atoms with E-state index in [-0.39, 0.29) is 12.4 Å². The second-order valence-electron chi connectivity index (χ2n) is 2.17. The van der Waals surface area contributed by atoms with Gasteiger partial charge >= 0.3 is 11.9 Å². The van der Waals surface area contributed by atoms with Gasteiger partial charge in [0.15, 0.2) is 5.92 Å². The van der Waals surface area contributed by atoms with Crippen molar-refractivity contribution >= 4 is 23.3 Å². The normalized spacial score (nSPS) is 9.31. The highest BCUT2D eigenvalue weighted by Crippen LogP contribution is 2.18. The second-order valence-corrected chi connectivity index (χ2v) is 2.95. The van der Waals surface area contributed by atoms with Gasteiger partial charge in [0.2, 0.25) is 0 Å². The lowest BCUT2D eigenvalue weighted by atomic mass is 10.0. The van der Waals surface area contributed by atoms with Crippen LogP contribution < -0.4 is 12.4 Å². The van der Waals surface area contributed by atoms with Crippen LogP contribution in [0.2, 0.25) is 0 Å². The van der Waals surface area contributed by atoms with Crippen molar-refractivity contribution in [2.75, 3.05) is 0 Å². The minimum atomic E-state index is -1.43. The van der Waals surface area contributed by atoms with Gasteiger partial charge in [-0.2, -0.15) is 11.3 Å². The van der Waals surface area contributed by atoms with Gasteiger partial charge in [-0.1, -0.05) is 0 Å². The van der Waals surface area contributed by atoms with Crippen molar-refractivity contribution in [3.8, 4) is 0 Å². The molecule has 0 bridgehead atoms. The summed E-state index contributed by atoms with van der Waals surface area (Å²) in [6, 6.07) is 1.50. The SMILES string of the molecule is O=C(O)C(C(=O)O)c1ccsc1.[Cl-]. The Morgan fingerprint density at radius 3 is 2.15 bits per heavy atom. The van der Waals surface area contributed by atoms with E-state index in [2.05, 4.69) is 0 Å². The van der Waals surface area contributed by atoms with Crippen molar-refractivity contribution in [3.63, 3.8) is 0 Å². The van der Waals surface area contributed by atoms with Crippen molar-refractivity contribution < 1.29 is 32.2 Å². The summed E-state index contributed by atoms with van der Waals surface area (Å²) in [4.78, 5) is 20.9. The van der Waals surface area contributed by atoms with Crippen molar-refractivity contribution in [1.82, 2.24) is 0 Å². The summed E-state index contributed by atoms with van der Waals surface area (Å²) in [5, 5.41) is 20.2. The van der Waals surface area contributed by atoms with Gasteiger partial charge in [-0.05, 0) is 22.4 Å². The minimum Gasteiger partial charge on any atom is -1.00 e. The Hall–Kier alpha value is -1.07. The molecule has 4 nitrogen and oxygen atoms in total. The maximum Gasteiger partial charge on any atom is 0.322 e. The molecule has 1 rings (SSSR count). The largest absolute Gasteiger partial charge is 1.00 e. The molecule has 6 heteroatoms. The van der Waals surface area contributed by atoms with Crippen LogP contribution in [0.4, 0.5) is 0 Å². The molecule has 0 spiro atoms. The maximum atomic E-state index is 10.5. The average molecular weight is 222 g/mol. The zero-order chi connectivity index (χ0) is 9.14. The third kappa shape index (κ3) is 2.71. The molecule has 1 heterocycles. The quantitative estimate of drug-likeness (QED) is 0.580. The highest BCUT2D eigenvalue weighted by Gasteiger charge is 2.27. The van der Waals surface area contributed by atoms with Gasteiger partial charge in [0.1, 0.15) is 0 Å². The molecule has 0 aliphatic carbocycles. The first-order valence-corrected chi connectivity index (χ1v) is 4.05. The highest BCUT2D eigenvalue weighted by molar-refractivity contribution is 7.08. The zero-order valence-corrected chi connectivity index (χ0v) is 7.88. The van der Waals surface area contributed by atoms with Gasteiger partial charge in [-0.15, -0.1) is 0 Å². The lowest BCUT2D eigenvalue weighted by Gasteiger charge is -2.02. The Labute approximate surface area is 84.2 Å². The summed E-state index contributed by atoms with van der Waals surface area (Å²) in [6.45, 7) is 0. The minimum absolute atomic E-state index is 0. The molecule has 0 unspecified atom stereocenters. The van der Waals surface area contributed by atoms with E-state index in [0.717, 1.165) is 0 Å². The van der Waals surface area contributed by atoms with Gasteiger partial charge in [-0.25, -0.2) is 0 Å². The summed E-state index contributed by atoms with van der Waals surface area (Å²) < 4.78 is 0. The standard InChI is InChI=1S/C7H6O4S.ClH/c8-6(9)5(7(10)11)4-1-2-12-3-4;/h1-3,5H,(H,8,9)(H,10,11);1H/p-1. The predicted octanol–water partition coefficient (Wildman–Crippen LogP) is -2.00. The molecule has 1 aromatic heterocycles. The van der Waals surface area contributed by atoms with Crippen LogP contribution in [0, 0.1) is 0 Å². The van der Waals surface area contributed by atoms with Gasteiger partial charge in [0.25, 0.3) is 0 Å². The number of hydrogen-bond donors (Lipinski definition) is 2. The Morgan fingerprint density at radius 1 is 1.31 bits per heavy atom. The molecule has 2 N–H and O–H groups in total. The van der Waals surface area contributed by atoms with Gasteiger partial charge in [0, 0.05) is 0 Å². The zero-order valence-electron chi connectivity index (χ0n) is 6.31. The lowest BCUT2D eigenvalue weighted by molar-refractivity contribution is -0.150. The first kappa shape index (κ1) is 11.9. The number of carboxylic acid groups (broad SMARTS) is 2. The van der Waals surface area contributed by atoms with Crippen LogP contribution in [0.5, 0.6) is 0 Å². The summed E-state index contributed by atoms with van der Waals surface area (Å²) in [5.74, 6) is -4.10. The highest BCUT2D eigenvalue weighted by atomic mass is 35.5. The molecule has 0 radical (unpaired) electrons. The Balaban J connectivity index is 0.00000144. The first-order valence-electron chi connectivity index (χ1n) is 3.10. The molecular formula is C7H6ClO4S-. The van der Waals surface area contributed by atoms with E-state index < -0.39 is 17.9 Å². The van der Waals surface area contributed by atoms with E-state index in [4.69, 9.17) is 10.2 Å². The van der Waals surface area contributed by atoms with E-state index >= 15 is 0 Å². The molecule has 0 aliphatic rings. The fourth-order valence-corrected chi connectivity index (χ4v) is 1.52. The van der Waals surface area contributed by atoms with Crippen molar-refractivity contribution in [3.05, 3.63) is 22.4 Å². The monoisotopic (exact) mass is 221 g/mol. The van der Waals surface area contributed by atoms with E-state index in [9.17, 15) is 9.59 Å². The van der Waals surface area contributed by atoms with Crippen molar-refractivity contribution in [2.24, 2.45) is 0 Å². The molecule has 0 atom stereocenters. The molecule has 0 amide bonds. The van der Waals surface area contributed by atoms with Crippen molar-refractivity contribution in [2.45, 2.75) is 5.92 Å². The molecular weight excluding hydrogens is 216 g/mol. The van der Waals surface area contributed by atoms with E-state index in [0.29, 0.717) is 5.56 Å². The average Bonchev–Trinajstić information content (AvgIpc) is 2.37. The van der Waals surface area contributed by atoms with E-state index in [1.54, 1.807) is 5.38 Å². The third-order valence-corrected chi connectivity index (χ3v) is 2.07. The van der Waals surface area contributed by atoms with Crippen LogP contribution in [0.3, 0.4) is 0 Å². The lowest BCUT2D eigenvalue weighted by Crippen LogP contribution is -3.00. The smallest absolute Gasteiger partial charge is 0.322 e. The molecule has 0 saturated heterocycles. The van der Waals surface area contributed by atoms with Crippen LogP contribution in [-0.4, -0.2) is 22.2 Å².